The molecule has 1 N–H and O–H groups in total. The van der Waals surface area contributed by atoms with Crippen LogP contribution in [0.2, 0.25) is 0 Å². The summed E-state index contributed by atoms with van der Waals surface area (Å²) in [5.74, 6) is -1.10. The first-order valence-corrected chi connectivity index (χ1v) is 8.61. The maximum absolute atomic E-state index is 12.5. The number of carbonyl (C=O) groups excluding carboxylic acids is 3. The lowest BCUT2D eigenvalue weighted by Gasteiger charge is -2.17. The van der Waals surface area contributed by atoms with Crippen LogP contribution in [0.4, 0.5) is 5.69 Å². The van der Waals surface area contributed by atoms with Crippen LogP contribution in [0.3, 0.4) is 0 Å². The van der Waals surface area contributed by atoms with E-state index in [4.69, 9.17) is 4.74 Å². The van der Waals surface area contributed by atoms with E-state index >= 15 is 0 Å². The third kappa shape index (κ3) is 5.09. The Morgan fingerprint density at radius 2 is 1.46 bits per heavy atom. The van der Waals surface area contributed by atoms with Crippen LogP contribution in [0.5, 0.6) is 5.75 Å². The van der Waals surface area contributed by atoms with Gasteiger partial charge < -0.3 is 19.5 Å². The van der Waals surface area contributed by atoms with Gasteiger partial charge in [-0.15, -0.1) is 0 Å². The van der Waals surface area contributed by atoms with Crippen molar-refractivity contribution in [1.29, 1.82) is 0 Å². The third-order valence-corrected chi connectivity index (χ3v) is 4.06. The number of rotatable bonds is 6. The normalized spacial score (nSPS) is 11.3. The summed E-state index contributed by atoms with van der Waals surface area (Å²) in [6, 6.07) is 9.90. The Kier molecular flexibility index (Phi) is 6.76. The van der Waals surface area contributed by atoms with Crippen molar-refractivity contribution in [3.8, 4) is 5.75 Å². The van der Waals surface area contributed by atoms with Crippen molar-refractivity contribution in [3.63, 3.8) is 0 Å². The lowest BCUT2D eigenvalue weighted by atomic mass is 10.1. The smallest absolute Gasteiger partial charge is 0.337 e. The summed E-state index contributed by atoms with van der Waals surface area (Å²) in [4.78, 5) is 36.2. The summed E-state index contributed by atoms with van der Waals surface area (Å²) < 4.78 is 15.1. The molecule has 2 aromatic carbocycles. The number of carbonyl (C=O) groups is 3. The number of benzene rings is 2. The second-order valence-electron chi connectivity index (χ2n) is 6.30. The van der Waals surface area contributed by atoms with Crippen molar-refractivity contribution >= 4 is 23.5 Å². The number of methoxy groups -OCH3 is 2. The molecular formula is C21H23NO6. The molecule has 7 heteroatoms. The summed E-state index contributed by atoms with van der Waals surface area (Å²) in [6.45, 7) is 5.44. The molecule has 28 heavy (non-hydrogen) atoms. The van der Waals surface area contributed by atoms with Crippen molar-refractivity contribution in [1.82, 2.24) is 0 Å². The first kappa shape index (κ1) is 21.0. The number of esters is 2. The maximum Gasteiger partial charge on any atom is 0.337 e. The molecule has 0 aliphatic heterocycles. The molecular weight excluding hydrogens is 362 g/mol. The van der Waals surface area contributed by atoms with Crippen LogP contribution in [0, 0.1) is 13.8 Å². The van der Waals surface area contributed by atoms with Crippen LogP contribution in [0.1, 0.15) is 38.8 Å². The van der Waals surface area contributed by atoms with Gasteiger partial charge in [0.05, 0.1) is 25.3 Å². The zero-order chi connectivity index (χ0) is 20.8. The molecule has 0 saturated carbocycles. The average Bonchev–Trinajstić information content (AvgIpc) is 2.68. The van der Waals surface area contributed by atoms with Gasteiger partial charge in [-0.1, -0.05) is 12.1 Å². The van der Waals surface area contributed by atoms with Crippen molar-refractivity contribution < 1.29 is 28.6 Å². The van der Waals surface area contributed by atoms with E-state index in [1.807, 2.05) is 32.0 Å². The number of aryl methyl sites for hydroxylation is 2. The first-order chi connectivity index (χ1) is 13.2. The number of hydrogen-bond acceptors (Lipinski definition) is 6. The Labute approximate surface area is 163 Å². The molecule has 0 bridgehead atoms. The molecule has 1 atom stereocenters. The van der Waals surface area contributed by atoms with E-state index in [9.17, 15) is 14.4 Å². The highest BCUT2D eigenvalue weighted by atomic mass is 16.5. The molecule has 0 spiro atoms. The minimum absolute atomic E-state index is 0.115. The number of nitrogens with one attached hydrogen (secondary N) is 1. The molecule has 0 radical (unpaired) electrons. The van der Waals surface area contributed by atoms with Crippen molar-refractivity contribution in [2.45, 2.75) is 26.9 Å². The zero-order valence-corrected chi connectivity index (χ0v) is 16.5. The largest absolute Gasteiger partial charge is 0.481 e. The Balaban J connectivity index is 2.22. The van der Waals surface area contributed by atoms with E-state index in [1.54, 1.807) is 6.92 Å². The fourth-order valence-electron chi connectivity index (χ4n) is 2.49. The summed E-state index contributed by atoms with van der Waals surface area (Å²) in [6.07, 6.45) is -0.802. The van der Waals surface area contributed by atoms with Gasteiger partial charge in [-0.2, -0.15) is 0 Å². The van der Waals surface area contributed by atoms with Crippen molar-refractivity contribution in [2.24, 2.45) is 0 Å². The number of ether oxygens (including phenoxy) is 3. The lowest BCUT2D eigenvalue weighted by Crippen LogP contribution is -2.30. The quantitative estimate of drug-likeness (QED) is 0.768. The molecule has 0 saturated heterocycles. The van der Waals surface area contributed by atoms with Gasteiger partial charge in [-0.3, -0.25) is 4.79 Å². The van der Waals surface area contributed by atoms with Gasteiger partial charge in [-0.25, -0.2) is 9.59 Å². The van der Waals surface area contributed by atoms with Gasteiger partial charge >= 0.3 is 11.9 Å². The van der Waals surface area contributed by atoms with Gasteiger partial charge in [0.2, 0.25) is 0 Å². The van der Waals surface area contributed by atoms with Crippen LogP contribution in [0.15, 0.2) is 36.4 Å². The highest BCUT2D eigenvalue weighted by Gasteiger charge is 2.19. The Hall–Kier alpha value is -3.35. The minimum Gasteiger partial charge on any atom is -0.481 e. The van der Waals surface area contributed by atoms with E-state index in [0.717, 1.165) is 11.1 Å². The average molecular weight is 385 g/mol. The predicted molar refractivity (Wildman–Crippen MR) is 104 cm³/mol. The maximum atomic E-state index is 12.5. The summed E-state index contributed by atoms with van der Waals surface area (Å²) in [7, 11) is 2.46. The number of amides is 1. The molecule has 7 nitrogen and oxygen atoms in total. The van der Waals surface area contributed by atoms with Gasteiger partial charge in [0.1, 0.15) is 5.75 Å². The predicted octanol–water partition coefficient (Wildman–Crippen LogP) is 3.28. The summed E-state index contributed by atoms with van der Waals surface area (Å²) in [5.41, 5.74) is 2.41. The third-order valence-electron chi connectivity index (χ3n) is 4.06. The monoisotopic (exact) mass is 385 g/mol. The van der Waals surface area contributed by atoms with Gasteiger partial charge in [0, 0.05) is 5.69 Å². The summed E-state index contributed by atoms with van der Waals surface area (Å²) >= 11 is 0. The molecule has 1 unspecified atom stereocenters. The van der Waals surface area contributed by atoms with Gasteiger partial charge in [0.15, 0.2) is 6.10 Å². The van der Waals surface area contributed by atoms with E-state index in [1.165, 1.54) is 32.4 Å². The van der Waals surface area contributed by atoms with Crippen LogP contribution in [-0.2, 0) is 14.3 Å². The Morgan fingerprint density at radius 3 is 2.00 bits per heavy atom. The van der Waals surface area contributed by atoms with Gasteiger partial charge in [-0.05, 0) is 56.2 Å². The standard InChI is InChI=1S/C21H23NO6/c1-12-6-7-13(2)18(8-12)28-14(3)19(23)22-17-10-15(20(24)26-4)9-16(11-17)21(25)27-5/h6-11,14H,1-5H3,(H,22,23). The highest BCUT2D eigenvalue weighted by Crippen LogP contribution is 2.22. The van der Waals surface area contributed by atoms with Crippen LogP contribution >= 0.6 is 0 Å². The Morgan fingerprint density at radius 1 is 0.893 bits per heavy atom. The van der Waals surface area contributed by atoms with E-state index < -0.39 is 23.9 Å². The molecule has 1 amide bonds. The van der Waals surface area contributed by atoms with Crippen LogP contribution < -0.4 is 10.1 Å². The molecule has 2 rings (SSSR count). The highest BCUT2D eigenvalue weighted by molar-refractivity contribution is 6.00. The fourth-order valence-corrected chi connectivity index (χ4v) is 2.49. The van der Waals surface area contributed by atoms with Crippen LogP contribution in [0.25, 0.3) is 0 Å². The molecule has 0 aliphatic carbocycles. The SMILES string of the molecule is COC(=O)c1cc(NC(=O)C(C)Oc2cc(C)ccc2C)cc(C(=O)OC)c1. The molecule has 148 valence electrons. The topological polar surface area (TPSA) is 90.9 Å². The lowest BCUT2D eigenvalue weighted by molar-refractivity contribution is -0.122. The van der Waals surface area contributed by atoms with E-state index in [-0.39, 0.29) is 16.8 Å². The minimum atomic E-state index is -0.802. The molecule has 0 aliphatic rings. The second kappa shape index (κ2) is 9.03. The Bertz CT molecular complexity index is 872. The number of anilines is 1. The molecule has 0 aromatic heterocycles. The van der Waals surface area contributed by atoms with Crippen molar-refractivity contribution in [3.05, 3.63) is 58.7 Å². The van der Waals surface area contributed by atoms with E-state index in [0.29, 0.717) is 5.75 Å². The van der Waals surface area contributed by atoms with Crippen molar-refractivity contribution in [2.75, 3.05) is 19.5 Å². The van der Waals surface area contributed by atoms with Crippen LogP contribution in [-0.4, -0.2) is 38.2 Å². The summed E-state index contributed by atoms with van der Waals surface area (Å²) in [5, 5.41) is 2.66. The van der Waals surface area contributed by atoms with E-state index in [2.05, 4.69) is 14.8 Å². The number of hydrogen-bond donors (Lipinski definition) is 1. The van der Waals surface area contributed by atoms with Gasteiger partial charge in [0.25, 0.3) is 5.91 Å². The molecule has 0 fully saturated rings. The molecule has 2 aromatic rings. The zero-order valence-electron chi connectivity index (χ0n) is 16.5. The fraction of sp³-hybridized carbons (Fsp3) is 0.286. The molecule has 0 heterocycles. The second-order valence-corrected chi connectivity index (χ2v) is 6.30. The first-order valence-electron chi connectivity index (χ1n) is 8.61.